The molecule has 0 aliphatic rings. The Labute approximate surface area is 112 Å². The van der Waals surface area contributed by atoms with Gasteiger partial charge in [0.25, 0.3) is 0 Å². The highest BCUT2D eigenvalue weighted by atomic mass is 35.5. The smallest absolute Gasteiger partial charge is 0.137 e. The summed E-state index contributed by atoms with van der Waals surface area (Å²) in [6.07, 6.45) is 0. The monoisotopic (exact) mass is 292 g/mol. The Morgan fingerprint density at radius 1 is 0.875 bits per heavy atom. The second-order valence-electron chi connectivity index (χ2n) is 2.97. The van der Waals surface area contributed by atoms with E-state index in [9.17, 15) is 0 Å². The molecule has 0 fully saturated rings. The van der Waals surface area contributed by atoms with E-state index in [-0.39, 0.29) is 10.3 Å². The van der Waals surface area contributed by atoms with Crippen LogP contribution in [-0.2, 0) is 0 Å². The van der Waals surface area contributed by atoms with E-state index < -0.39 is 0 Å². The first-order valence-electron chi connectivity index (χ1n) is 4.22. The maximum absolute atomic E-state index is 6.07. The minimum Gasteiger partial charge on any atom is -0.137 e. The van der Waals surface area contributed by atoms with Gasteiger partial charge in [-0.15, -0.1) is 10.2 Å². The second-order valence-corrected chi connectivity index (χ2v) is 4.50. The van der Waals surface area contributed by atoms with Gasteiger partial charge in [0.1, 0.15) is 0 Å². The maximum Gasteiger partial charge on any atom is 0.159 e. The van der Waals surface area contributed by atoms with Gasteiger partial charge in [0.05, 0.1) is 10.0 Å². The topological polar surface area (TPSA) is 25.8 Å². The lowest BCUT2D eigenvalue weighted by Gasteiger charge is -2.06. The van der Waals surface area contributed by atoms with Crippen molar-refractivity contribution in [1.29, 1.82) is 0 Å². The molecule has 0 N–H and O–H groups in total. The average molecular weight is 294 g/mol. The Hall–Kier alpha value is -0.540. The van der Waals surface area contributed by atoms with E-state index in [1.165, 1.54) is 0 Å². The Bertz CT molecular complexity index is 542. The minimum absolute atomic E-state index is 0.230. The summed E-state index contributed by atoms with van der Waals surface area (Å²) in [5.41, 5.74) is 1.28. The molecule has 2 aromatic rings. The molecule has 1 aromatic heterocycles. The average Bonchev–Trinajstić information content (AvgIpc) is 2.26. The van der Waals surface area contributed by atoms with Crippen molar-refractivity contribution in [2.24, 2.45) is 0 Å². The van der Waals surface area contributed by atoms with E-state index in [4.69, 9.17) is 46.4 Å². The molecule has 0 unspecified atom stereocenters. The summed E-state index contributed by atoms with van der Waals surface area (Å²) in [5.74, 6) is 0. The lowest BCUT2D eigenvalue weighted by molar-refractivity contribution is 1.03. The van der Waals surface area contributed by atoms with Crippen LogP contribution in [0.2, 0.25) is 20.4 Å². The van der Waals surface area contributed by atoms with E-state index in [0.29, 0.717) is 21.2 Å². The number of rotatable bonds is 1. The quantitative estimate of drug-likeness (QED) is 0.758. The molecule has 0 bridgehead atoms. The molecule has 0 amide bonds. The lowest BCUT2D eigenvalue weighted by atomic mass is 10.1. The Kier molecular flexibility index (Phi) is 3.55. The third-order valence-electron chi connectivity index (χ3n) is 1.96. The molecule has 1 heterocycles. The summed E-state index contributed by atoms with van der Waals surface area (Å²) in [4.78, 5) is 0. The number of halogens is 4. The Balaban J connectivity index is 2.67. The number of aromatic nitrogens is 2. The Morgan fingerprint density at radius 2 is 1.62 bits per heavy atom. The van der Waals surface area contributed by atoms with Crippen LogP contribution in [0, 0.1) is 0 Å². The molecule has 0 saturated heterocycles. The zero-order chi connectivity index (χ0) is 11.7. The summed E-state index contributed by atoms with van der Waals surface area (Å²) in [7, 11) is 0. The minimum atomic E-state index is 0.230. The predicted molar refractivity (Wildman–Crippen MR) is 67.5 cm³/mol. The standard InChI is InChI=1S/C10H4Cl4N2/c11-7-3-1-2-5(9(7)13)6-4-8(12)15-16-10(6)14/h1-4H. The van der Waals surface area contributed by atoms with Crippen LogP contribution in [0.4, 0.5) is 0 Å². The Morgan fingerprint density at radius 3 is 2.38 bits per heavy atom. The molecular weight excluding hydrogens is 290 g/mol. The second kappa shape index (κ2) is 4.76. The zero-order valence-electron chi connectivity index (χ0n) is 7.72. The van der Waals surface area contributed by atoms with Crippen LogP contribution in [0.3, 0.4) is 0 Å². The van der Waals surface area contributed by atoms with Crippen molar-refractivity contribution in [2.75, 3.05) is 0 Å². The van der Waals surface area contributed by atoms with Crippen molar-refractivity contribution >= 4 is 46.4 Å². The van der Waals surface area contributed by atoms with E-state index >= 15 is 0 Å². The SMILES string of the molecule is Clc1cc(-c2cccc(Cl)c2Cl)c(Cl)nn1. The number of benzene rings is 1. The molecule has 0 spiro atoms. The zero-order valence-corrected chi connectivity index (χ0v) is 10.7. The van der Waals surface area contributed by atoms with Gasteiger partial charge in [0.2, 0.25) is 0 Å². The van der Waals surface area contributed by atoms with Gasteiger partial charge >= 0.3 is 0 Å². The largest absolute Gasteiger partial charge is 0.159 e. The van der Waals surface area contributed by atoms with E-state index in [1.807, 2.05) is 0 Å². The first kappa shape index (κ1) is 11.9. The summed E-state index contributed by atoms with van der Waals surface area (Å²) in [5, 5.41) is 8.67. The molecule has 2 nitrogen and oxygen atoms in total. The number of hydrogen-bond acceptors (Lipinski definition) is 2. The highest BCUT2D eigenvalue weighted by Crippen LogP contribution is 2.36. The molecule has 0 aliphatic carbocycles. The van der Waals surface area contributed by atoms with Crippen molar-refractivity contribution in [1.82, 2.24) is 10.2 Å². The molecule has 0 aliphatic heterocycles. The first-order chi connectivity index (χ1) is 7.59. The summed E-state index contributed by atoms with van der Waals surface area (Å²) < 4.78 is 0. The van der Waals surface area contributed by atoms with Crippen LogP contribution in [0.5, 0.6) is 0 Å². The van der Waals surface area contributed by atoms with Gasteiger partial charge in [-0.1, -0.05) is 58.5 Å². The van der Waals surface area contributed by atoms with Gasteiger partial charge in [-0.3, -0.25) is 0 Å². The van der Waals surface area contributed by atoms with Crippen molar-refractivity contribution in [2.45, 2.75) is 0 Å². The summed E-state index contributed by atoms with van der Waals surface area (Å²) >= 11 is 23.7. The fraction of sp³-hybridized carbons (Fsp3) is 0. The normalized spacial score (nSPS) is 10.5. The van der Waals surface area contributed by atoms with Crippen LogP contribution < -0.4 is 0 Å². The fourth-order valence-electron chi connectivity index (χ4n) is 1.25. The highest BCUT2D eigenvalue weighted by Gasteiger charge is 2.12. The molecule has 0 radical (unpaired) electrons. The van der Waals surface area contributed by atoms with Crippen molar-refractivity contribution < 1.29 is 0 Å². The van der Waals surface area contributed by atoms with Gasteiger partial charge in [-0.25, -0.2) is 0 Å². The van der Waals surface area contributed by atoms with Crippen LogP contribution in [-0.4, -0.2) is 10.2 Å². The molecule has 2 rings (SSSR count). The van der Waals surface area contributed by atoms with Gasteiger partial charge in [0.15, 0.2) is 10.3 Å². The third-order valence-corrected chi connectivity index (χ3v) is 3.24. The third kappa shape index (κ3) is 2.25. The highest BCUT2D eigenvalue weighted by molar-refractivity contribution is 6.44. The molecule has 6 heteroatoms. The van der Waals surface area contributed by atoms with Crippen molar-refractivity contribution in [3.8, 4) is 11.1 Å². The number of hydrogen-bond donors (Lipinski definition) is 0. The fourth-order valence-corrected chi connectivity index (χ4v) is 2.00. The van der Waals surface area contributed by atoms with Crippen molar-refractivity contribution in [3.63, 3.8) is 0 Å². The van der Waals surface area contributed by atoms with Gasteiger partial charge in [-0.2, -0.15) is 0 Å². The van der Waals surface area contributed by atoms with Crippen LogP contribution in [0.1, 0.15) is 0 Å². The molecule has 82 valence electrons. The molecule has 0 saturated carbocycles. The van der Waals surface area contributed by atoms with Crippen molar-refractivity contribution in [3.05, 3.63) is 44.6 Å². The van der Waals surface area contributed by atoms with Crippen LogP contribution in [0.25, 0.3) is 11.1 Å². The summed E-state index contributed by atoms with van der Waals surface area (Å²) in [6.45, 7) is 0. The molecule has 0 atom stereocenters. The maximum atomic E-state index is 6.07. The van der Waals surface area contributed by atoms with Crippen LogP contribution >= 0.6 is 46.4 Å². The van der Waals surface area contributed by atoms with E-state index in [1.54, 1.807) is 24.3 Å². The van der Waals surface area contributed by atoms with E-state index in [0.717, 1.165) is 0 Å². The first-order valence-corrected chi connectivity index (χ1v) is 5.74. The van der Waals surface area contributed by atoms with Crippen LogP contribution in [0.15, 0.2) is 24.3 Å². The lowest BCUT2D eigenvalue weighted by Crippen LogP contribution is -1.89. The van der Waals surface area contributed by atoms with Gasteiger partial charge in [-0.05, 0) is 12.1 Å². The van der Waals surface area contributed by atoms with Gasteiger partial charge < -0.3 is 0 Å². The number of nitrogens with zero attached hydrogens (tertiary/aromatic N) is 2. The predicted octanol–water partition coefficient (Wildman–Crippen LogP) is 4.76. The van der Waals surface area contributed by atoms with Gasteiger partial charge in [0, 0.05) is 11.1 Å². The van der Waals surface area contributed by atoms with E-state index in [2.05, 4.69) is 10.2 Å². The molecule has 16 heavy (non-hydrogen) atoms. The summed E-state index contributed by atoms with van der Waals surface area (Å²) in [6, 6.07) is 6.84. The molecular formula is C10H4Cl4N2. The molecule has 1 aromatic carbocycles.